The number of hydrogen-bond donors (Lipinski definition) is 1. The van der Waals surface area contributed by atoms with Crippen LogP contribution in [0.15, 0.2) is 36.8 Å². The van der Waals surface area contributed by atoms with E-state index < -0.39 is 0 Å². The molecule has 1 unspecified atom stereocenters. The molecule has 4 nitrogen and oxygen atoms in total. The van der Waals surface area contributed by atoms with Crippen LogP contribution in [-0.4, -0.2) is 32.7 Å². The molecule has 1 N–H and O–H groups in total. The Morgan fingerprint density at radius 2 is 2.27 bits per heavy atom. The zero-order valence-electron chi connectivity index (χ0n) is 12.7. The van der Waals surface area contributed by atoms with E-state index in [0.717, 1.165) is 21.5 Å². The molecule has 1 aliphatic rings. The Morgan fingerprint density at radius 3 is 2.91 bits per heavy atom. The summed E-state index contributed by atoms with van der Waals surface area (Å²) in [6.07, 6.45) is 6.26. The zero-order valence-corrected chi connectivity index (χ0v) is 14.2. The Labute approximate surface area is 141 Å². The van der Waals surface area contributed by atoms with Crippen molar-refractivity contribution in [2.75, 3.05) is 7.05 Å². The van der Waals surface area contributed by atoms with E-state index in [0.29, 0.717) is 6.04 Å². The molecule has 1 aromatic carbocycles. The van der Waals surface area contributed by atoms with Crippen LogP contribution in [0.5, 0.6) is 0 Å². The third kappa shape index (κ3) is 3.10. The van der Waals surface area contributed by atoms with Gasteiger partial charge in [-0.05, 0) is 50.2 Å². The highest BCUT2D eigenvalue weighted by Crippen LogP contribution is 2.34. The van der Waals surface area contributed by atoms with E-state index in [1.54, 1.807) is 0 Å². The van der Waals surface area contributed by atoms with Gasteiger partial charge in [-0.25, -0.2) is 4.98 Å². The van der Waals surface area contributed by atoms with Crippen molar-refractivity contribution in [1.29, 1.82) is 0 Å². The van der Waals surface area contributed by atoms with E-state index in [1.165, 1.54) is 12.8 Å². The van der Waals surface area contributed by atoms with Crippen molar-refractivity contribution in [1.82, 2.24) is 19.8 Å². The van der Waals surface area contributed by atoms with E-state index in [2.05, 4.69) is 22.1 Å². The first-order valence-electron chi connectivity index (χ1n) is 7.40. The third-order valence-corrected chi connectivity index (χ3v) is 4.59. The number of halogens is 1. The minimum Gasteiger partial charge on any atom is -0.366 e. The van der Waals surface area contributed by atoms with Gasteiger partial charge < -0.3 is 14.8 Å². The summed E-state index contributed by atoms with van der Waals surface area (Å²) in [5.74, 6) is 0. The fourth-order valence-electron chi connectivity index (χ4n) is 2.61. The first-order valence-corrected chi connectivity index (χ1v) is 8.18. The van der Waals surface area contributed by atoms with Gasteiger partial charge in [0.25, 0.3) is 0 Å². The summed E-state index contributed by atoms with van der Waals surface area (Å²) < 4.78 is 1.99. The maximum absolute atomic E-state index is 6.06. The predicted octanol–water partition coefficient (Wildman–Crippen LogP) is 3.56. The van der Waals surface area contributed by atoms with Gasteiger partial charge >= 0.3 is 0 Å². The molecule has 1 aromatic heterocycles. The number of nitrogens with zero attached hydrogens (tertiary/aromatic N) is 3. The van der Waals surface area contributed by atoms with Gasteiger partial charge in [0, 0.05) is 30.0 Å². The summed E-state index contributed by atoms with van der Waals surface area (Å²) in [4.78, 5) is 6.81. The van der Waals surface area contributed by atoms with Crippen LogP contribution in [0.4, 0.5) is 0 Å². The Balaban J connectivity index is 1.84. The monoisotopic (exact) mass is 334 g/mol. The second-order valence-electron chi connectivity index (χ2n) is 5.56. The second kappa shape index (κ2) is 6.26. The molecule has 1 atom stereocenters. The van der Waals surface area contributed by atoms with E-state index in [1.807, 2.05) is 48.4 Å². The SMILES string of the molecule is CNC(=S)N(C1CC1)C(C)c1cn(-c2cccc(Cl)c2)cn1. The minimum atomic E-state index is 0.146. The van der Waals surface area contributed by atoms with Crippen molar-refractivity contribution in [2.24, 2.45) is 0 Å². The summed E-state index contributed by atoms with van der Waals surface area (Å²) in [7, 11) is 1.87. The van der Waals surface area contributed by atoms with Gasteiger partial charge in [0.2, 0.25) is 0 Å². The fraction of sp³-hybridized carbons (Fsp3) is 0.375. The number of aromatic nitrogens is 2. The van der Waals surface area contributed by atoms with E-state index >= 15 is 0 Å². The van der Waals surface area contributed by atoms with Crippen LogP contribution in [0.2, 0.25) is 5.02 Å². The quantitative estimate of drug-likeness (QED) is 0.867. The molecule has 116 valence electrons. The summed E-state index contributed by atoms with van der Waals surface area (Å²) in [6, 6.07) is 8.42. The molecule has 0 aliphatic heterocycles. The van der Waals surface area contributed by atoms with E-state index in [9.17, 15) is 0 Å². The number of rotatable bonds is 4. The Kier molecular flexibility index (Phi) is 4.36. The molecule has 2 aromatic rings. The lowest BCUT2D eigenvalue weighted by Gasteiger charge is -2.30. The number of imidazole rings is 1. The van der Waals surface area contributed by atoms with Crippen molar-refractivity contribution < 1.29 is 0 Å². The average molecular weight is 335 g/mol. The van der Waals surface area contributed by atoms with Crippen LogP contribution in [-0.2, 0) is 0 Å². The standard InChI is InChI=1S/C16H19ClN4S/c1-11(21(13-6-7-13)16(22)18-2)15-9-20(10-19-15)14-5-3-4-12(17)8-14/h3-5,8-11,13H,6-7H2,1-2H3,(H,18,22). The van der Waals surface area contributed by atoms with Crippen LogP contribution in [0.25, 0.3) is 5.69 Å². The maximum Gasteiger partial charge on any atom is 0.169 e. The van der Waals surface area contributed by atoms with Crippen LogP contribution in [0.1, 0.15) is 31.5 Å². The highest BCUT2D eigenvalue weighted by molar-refractivity contribution is 7.80. The Bertz CT molecular complexity index is 680. The van der Waals surface area contributed by atoms with Crippen molar-refractivity contribution in [3.63, 3.8) is 0 Å². The molecule has 1 fully saturated rings. The fourth-order valence-corrected chi connectivity index (χ4v) is 3.11. The van der Waals surface area contributed by atoms with E-state index in [-0.39, 0.29) is 6.04 Å². The number of benzene rings is 1. The third-order valence-electron chi connectivity index (χ3n) is 3.94. The molecule has 0 radical (unpaired) electrons. The summed E-state index contributed by atoms with van der Waals surface area (Å²) in [5, 5.41) is 4.59. The lowest BCUT2D eigenvalue weighted by molar-refractivity contribution is 0.319. The lowest BCUT2D eigenvalue weighted by atomic mass is 10.2. The first-order chi connectivity index (χ1) is 10.6. The molecule has 0 bridgehead atoms. The van der Waals surface area contributed by atoms with Gasteiger partial charge in [0.05, 0.1) is 18.1 Å². The molecular weight excluding hydrogens is 316 g/mol. The van der Waals surface area contributed by atoms with Gasteiger partial charge in [-0.3, -0.25) is 0 Å². The molecule has 6 heteroatoms. The molecule has 0 spiro atoms. The average Bonchev–Trinajstić information content (AvgIpc) is 3.21. The molecule has 1 saturated carbocycles. The smallest absolute Gasteiger partial charge is 0.169 e. The van der Waals surface area contributed by atoms with Gasteiger partial charge in [0.1, 0.15) is 0 Å². The minimum absolute atomic E-state index is 0.146. The molecule has 3 rings (SSSR count). The van der Waals surface area contributed by atoms with Crippen LogP contribution >= 0.6 is 23.8 Å². The van der Waals surface area contributed by atoms with Gasteiger partial charge in [-0.15, -0.1) is 0 Å². The van der Waals surface area contributed by atoms with E-state index in [4.69, 9.17) is 23.8 Å². The number of hydrogen-bond acceptors (Lipinski definition) is 2. The Hall–Kier alpha value is -1.59. The highest BCUT2D eigenvalue weighted by atomic mass is 35.5. The number of nitrogens with one attached hydrogen (secondary N) is 1. The summed E-state index contributed by atoms with van der Waals surface area (Å²) >= 11 is 11.5. The molecule has 22 heavy (non-hydrogen) atoms. The molecule has 0 saturated heterocycles. The van der Waals surface area contributed by atoms with Gasteiger partial charge in [0.15, 0.2) is 5.11 Å². The van der Waals surface area contributed by atoms with Crippen molar-refractivity contribution in [3.8, 4) is 5.69 Å². The first kappa shape index (κ1) is 15.3. The Morgan fingerprint density at radius 1 is 1.50 bits per heavy atom. The van der Waals surface area contributed by atoms with Crippen LogP contribution < -0.4 is 5.32 Å². The van der Waals surface area contributed by atoms with Crippen LogP contribution in [0, 0.1) is 0 Å². The number of thiocarbonyl (C=S) groups is 1. The molecule has 0 amide bonds. The van der Waals surface area contributed by atoms with Crippen molar-refractivity contribution in [2.45, 2.75) is 31.8 Å². The zero-order chi connectivity index (χ0) is 15.7. The van der Waals surface area contributed by atoms with Gasteiger partial charge in [-0.2, -0.15) is 0 Å². The normalized spacial score (nSPS) is 15.4. The van der Waals surface area contributed by atoms with Crippen LogP contribution in [0.3, 0.4) is 0 Å². The van der Waals surface area contributed by atoms with Crippen molar-refractivity contribution >= 4 is 28.9 Å². The molecule has 1 heterocycles. The maximum atomic E-state index is 6.06. The molecule has 1 aliphatic carbocycles. The second-order valence-corrected chi connectivity index (χ2v) is 6.38. The lowest BCUT2D eigenvalue weighted by Crippen LogP contribution is -2.41. The summed E-state index contributed by atoms with van der Waals surface area (Å²) in [5.41, 5.74) is 2.01. The largest absolute Gasteiger partial charge is 0.366 e. The van der Waals surface area contributed by atoms with Gasteiger partial charge in [-0.1, -0.05) is 17.7 Å². The summed E-state index contributed by atoms with van der Waals surface area (Å²) in [6.45, 7) is 2.15. The topological polar surface area (TPSA) is 33.1 Å². The molecular formula is C16H19ClN4S. The highest BCUT2D eigenvalue weighted by Gasteiger charge is 2.34. The van der Waals surface area contributed by atoms with Crippen molar-refractivity contribution in [3.05, 3.63) is 47.5 Å². The predicted molar refractivity (Wildman–Crippen MR) is 93.5 cm³/mol.